The molecule has 0 heterocycles. The predicted octanol–water partition coefficient (Wildman–Crippen LogP) is 5.19. The number of nitro groups is 1. The second-order valence-corrected chi connectivity index (χ2v) is 8.81. The molecule has 2 N–H and O–H groups in total. The first kappa shape index (κ1) is 22.3. The molecule has 0 radical (unpaired) electrons. The van der Waals surface area contributed by atoms with Gasteiger partial charge in [0.15, 0.2) is 0 Å². The van der Waals surface area contributed by atoms with Crippen LogP contribution >= 0.6 is 11.6 Å². The van der Waals surface area contributed by atoms with Crippen LogP contribution in [0.1, 0.15) is 18.1 Å². The van der Waals surface area contributed by atoms with Crippen molar-refractivity contribution >= 4 is 44.4 Å². The molecule has 8 nitrogen and oxygen atoms in total. The van der Waals surface area contributed by atoms with Gasteiger partial charge in [0.2, 0.25) is 0 Å². The lowest BCUT2D eigenvalue weighted by molar-refractivity contribution is -0.385. The van der Waals surface area contributed by atoms with Crippen LogP contribution in [0.15, 0.2) is 76.7 Å². The minimum absolute atomic E-state index is 0.0959. The number of nitrogens with zero attached hydrogens (tertiary/aromatic N) is 2. The average Bonchev–Trinajstić information content (AvgIpc) is 2.74. The maximum Gasteiger partial charge on any atom is 0.270 e. The van der Waals surface area contributed by atoms with Crippen LogP contribution in [-0.2, 0) is 10.0 Å². The summed E-state index contributed by atoms with van der Waals surface area (Å²) in [6, 6.07) is 17.2. The van der Waals surface area contributed by atoms with E-state index in [-0.39, 0.29) is 22.0 Å². The molecule has 0 aliphatic heterocycles. The number of hydrogen-bond donors (Lipinski definition) is 2. The van der Waals surface area contributed by atoms with Gasteiger partial charge >= 0.3 is 0 Å². The fraction of sp³-hybridized carbons (Fsp3) is 0.0952. The van der Waals surface area contributed by atoms with E-state index in [0.29, 0.717) is 10.7 Å². The van der Waals surface area contributed by atoms with Crippen molar-refractivity contribution in [1.82, 2.24) is 0 Å². The molecule has 31 heavy (non-hydrogen) atoms. The second-order valence-electron chi connectivity index (χ2n) is 6.73. The van der Waals surface area contributed by atoms with Crippen molar-refractivity contribution in [2.75, 3.05) is 10.1 Å². The number of sulfonamides is 1. The Hall–Kier alpha value is -3.43. The zero-order valence-corrected chi connectivity index (χ0v) is 18.2. The second kappa shape index (κ2) is 9.15. The number of aryl methyl sites for hydroxylation is 1. The molecule has 0 fully saturated rings. The Kier molecular flexibility index (Phi) is 6.57. The molecule has 3 rings (SSSR count). The van der Waals surface area contributed by atoms with Crippen LogP contribution in [0.3, 0.4) is 0 Å². The first-order chi connectivity index (χ1) is 14.7. The van der Waals surface area contributed by atoms with Crippen LogP contribution in [0.4, 0.5) is 17.1 Å². The Balaban J connectivity index is 1.96. The Labute approximate surface area is 184 Å². The van der Waals surface area contributed by atoms with Gasteiger partial charge in [-0.1, -0.05) is 41.4 Å². The van der Waals surface area contributed by atoms with Gasteiger partial charge in [-0.05, 0) is 49.7 Å². The summed E-state index contributed by atoms with van der Waals surface area (Å²) in [5, 5.41) is 15.9. The monoisotopic (exact) mass is 458 g/mol. The number of hydrazone groups is 1. The zero-order valence-electron chi connectivity index (χ0n) is 16.7. The first-order valence-corrected chi connectivity index (χ1v) is 11.0. The van der Waals surface area contributed by atoms with Gasteiger partial charge in [0.1, 0.15) is 4.90 Å². The number of anilines is 2. The van der Waals surface area contributed by atoms with E-state index >= 15 is 0 Å². The molecule has 0 amide bonds. The maximum absolute atomic E-state index is 13.0. The summed E-state index contributed by atoms with van der Waals surface area (Å²) in [5.41, 5.74) is 5.29. The summed E-state index contributed by atoms with van der Waals surface area (Å²) < 4.78 is 28.4. The maximum atomic E-state index is 13.0. The van der Waals surface area contributed by atoms with Gasteiger partial charge in [0, 0.05) is 22.8 Å². The van der Waals surface area contributed by atoms with Gasteiger partial charge in [-0.3, -0.25) is 20.3 Å². The van der Waals surface area contributed by atoms with E-state index < -0.39 is 14.9 Å². The quantitative estimate of drug-likeness (QED) is 0.287. The van der Waals surface area contributed by atoms with Crippen molar-refractivity contribution in [1.29, 1.82) is 0 Å². The number of non-ortho nitro benzene ring substituents is 1. The van der Waals surface area contributed by atoms with Crippen LogP contribution in [-0.4, -0.2) is 19.1 Å². The summed E-state index contributed by atoms with van der Waals surface area (Å²) >= 11 is 5.83. The molecule has 0 aliphatic carbocycles. The van der Waals surface area contributed by atoms with E-state index in [1.54, 1.807) is 6.92 Å². The van der Waals surface area contributed by atoms with E-state index in [1.807, 2.05) is 31.2 Å². The van der Waals surface area contributed by atoms with Gasteiger partial charge in [-0.25, -0.2) is 8.42 Å². The lowest BCUT2D eigenvalue weighted by Gasteiger charge is -2.12. The highest BCUT2D eigenvalue weighted by atomic mass is 35.5. The van der Waals surface area contributed by atoms with E-state index in [9.17, 15) is 18.5 Å². The van der Waals surface area contributed by atoms with E-state index in [0.717, 1.165) is 17.2 Å². The molecular weight excluding hydrogens is 440 g/mol. The fourth-order valence-electron chi connectivity index (χ4n) is 2.67. The summed E-state index contributed by atoms with van der Waals surface area (Å²) in [6.45, 7) is 3.74. The molecule has 0 saturated heterocycles. The van der Waals surface area contributed by atoms with Crippen LogP contribution in [0, 0.1) is 17.0 Å². The topological polar surface area (TPSA) is 114 Å². The van der Waals surface area contributed by atoms with E-state index in [1.165, 1.54) is 36.4 Å². The lowest BCUT2D eigenvalue weighted by Crippen LogP contribution is -2.15. The van der Waals surface area contributed by atoms with Crippen LogP contribution in [0.25, 0.3) is 0 Å². The largest absolute Gasteiger partial charge is 0.280 e. The van der Waals surface area contributed by atoms with Gasteiger partial charge in [0.05, 0.1) is 16.3 Å². The number of halogens is 1. The summed E-state index contributed by atoms with van der Waals surface area (Å²) in [7, 11) is -4.16. The third-order valence-corrected chi connectivity index (χ3v) is 6.05. The minimum atomic E-state index is -4.16. The minimum Gasteiger partial charge on any atom is -0.280 e. The lowest BCUT2D eigenvalue weighted by atomic mass is 10.1. The number of nitrogens with one attached hydrogen (secondary N) is 2. The number of rotatable bonds is 7. The number of hydrogen-bond acceptors (Lipinski definition) is 6. The third kappa shape index (κ3) is 5.59. The van der Waals surface area contributed by atoms with Gasteiger partial charge < -0.3 is 0 Å². The van der Waals surface area contributed by atoms with Crippen molar-refractivity contribution in [3.8, 4) is 0 Å². The molecule has 0 saturated carbocycles. The molecule has 160 valence electrons. The number of benzene rings is 3. The fourth-order valence-corrected chi connectivity index (χ4v) is 4.03. The van der Waals surface area contributed by atoms with Crippen LogP contribution < -0.4 is 10.1 Å². The Morgan fingerprint density at radius 1 is 1.03 bits per heavy atom. The van der Waals surface area contributed by atoms with Crippen LogP contribution in [0.2, 0.25) is 5.02 Å². The van der Waals surface area contributed by atoms with Gasteiger partial charge in [0.25, 0.3) is 15.7 Å². The molecular formula is C21H19ClN4O4S. The molecule has 0 unspecified atom stereocenters. The highest BCUT2D eigenvalue weighted by molar-refractivity contribution is 7.92. The zero-order chi connectivity index (χ0) is 22.6. The summed E-state index contributed by atoms with van der Waals surface area (Å²) in [4.78, 5) is 10.2. The van der Waals surface area contributed by atoms with E-state index in [2.05, 4.69) is 15.2 Å². The molecule has 0 aromatic heterocycles. The number of nitro benzene ring substituents is 1. The standard InChI is InChI=1S/C21H19ClN4O4S/c1-14-3-5-16(6-4-14)15(2)23-24-20-12-11-19(26(27)28)13-21(20)31(29,30)25-18-9-7-17(22)8-10-18/h3-13,24-25H,1-2H3. The molecule has 0 bridgehead atoms. The van der Waals surface area contributed by atoms with Crippen molar-refractivity contribution in [2.24, 2.45) is 5.10 Å². The Morgan fingerprint density at radius 3 is 2.29 bits per heavy atom. The molecule has 0 atom stereocenters. The Morgan fingerprint density at radius 2 is 1.68 bits per heavy atom. The van der Waals surface area contributed by atoms with Gasteiger partial charge in [-0.15, -0.1) is 0 Å². The van der Waals surface area contributed by atoms with E-state index in [4.69, 9.17) is 11.6 Å². The Bertz CT molecular complexity index is 1240. The molecule has 10 heteroatoms. The summed E-state index contributed by atoms with van der Waals surface area (Å²) in [5.74, 6) is 0. The SMILES string of the molecule is CC(=NNc1ccc([N+](=O)[O-])cc1S(=O)(=O)Nc1ccc(Cl)cc1)c1ccc(C)cc1. The smallest absolute Gasteiger partial charge is 0.270 e. The van der Waals surface area contributed by atoms with Crippen molar-refractivity contribution in [3.05, 3.63) is 93.0 Å². The van der Waals surface area contributed by atoms with Crippen molar-refractivity contribution in [2.45, 2.75) is 18.7 Å². The normalized spacial score (nSPS) is 11.8. The highest BCUT2D eigenvalue weighted by Crippen LogP contribution is 2.28. The van der Waals surface area contributed by atoms with Gasteiger partial charge in [-0.2, -0.15) is 5.10 Å². The third-order valence-electron chi connectivity index (χ3n) is 4.38. The molecule has 3 aromatic carbocycles. The molecule has 3 aromatic rings. The molecule has 0 spiro atoms. The highest BCUT2D eigenvalue weighted by Gasteiger charge is 2.23. The van der Waals surface area contributed by atoms with Crippen molar-refractivity contribution < 1.29 is 13.3 Å². The first-order valence-electron chi connectivity index (χ1n) is 9.10. The molecule has 0 aliphatic rings. The average molecular weight is 459 g/mol. The van der Waals surface area contributed by atoms with Crippen LogP contribution in [0.5, 0.6) is 0 Å². The predicted molar refractivity (Wildman–Crippen MR) is 122 cm³/mol. The van der Waals surface area contributed by atoms with Crippen molar-refractivity contribution in [3.63, 3.8) is 0 Å². The summed E-state index contributed by atoms with van der Waals surface area (Å²) in [6.07, 6.45) is 0.